The average Bonchev–Trinajstić information content (AvgIpc) is 2.95. The number of carbonyl (C=O) groups excluding carboxylic acids is 1. The van der Waals surface area contributed by atoms with E-state index in [0.29, 0.717) is 6.42 Å². The summed E-state index contributed by atoms with van der Waals surface area (Å²) in [6.45, 7) is -0.480. The maximum atomic E-state index is 12.2. The quantitative estimate of drug-likeness (QED) is 0.711. The van der Waals surface area contributed by atoms with Gasteiger partial charge in [0.25, 0.3) is 0 Å². The third-order valence-electron chi connectivity index (χ3n) is 3.55. The number of urea groups is 1. The van der Waals surface area contributed by atoms with Gasteiger partial charge in [0, 0.05) is 12.1 Å². The van der Waals surface area contributed by atoms with Crippen LogP contribution in [-0.4, -0.2) is 60.6 Å². The summed E-state index contributed by atoms with van der Waals surface area (Å²) in [5.74, 6) is -1.29. The van der Waals surface area contributed by atoms with E-state index in [-0.39, 0.29) is 17.5 Å². The molecule has 0 spiro atoms. The summed E-state index contributed by atoms with van der Waals surface area (Å²) >= 11 is 0. The lowest BCUT2D eigenvalue weighted by atomic mass is 10.2. The number of hydrogen-bond acceptors (Lipinski definition) is 4. The lowest BCUT2D eigenvalue weighted by Crippen LogP contribution is -2.51. The zero-order chi connectivity index (χ0) is 14.8. The van der Waals surface area contributed by atoms with E-state index >= 15 is 0 Å². The van der Waals surface area contributed by atoms with E-state index in [2.05, 4.69) is 5.32 Å². The Bertz CT molecular complexity index is 520. The van der Waals surface area contributed by atoms with Crippen LogP contribution in [0.4, 0.5) is 4.79 Å². The van der Waals surface area contributed by atoms with Crippen LogP contribution < -0.4 is 5.32 Å². The minimum atomic E-state index is -3.16. The van der Waals surface area contributed by atoms with Gasteiger partial charge in [-0.2, -0.15) is 0 Å². The molecule has 8 heteroatoms. The van der Waals surface area contributed by atoms with Crippen molar-refractivity contribution in [2.75, 3.05) is 18.1 Å². The molecule has 20 heavy (non-hydrogen) atoms. The maximum absolute atomic E-state index is 12.2. The summed E-state index contributed by atoms with van der Waals surface area (Å²) in [4.78, 5) is 24.2. The topological polar surface area (TPSA) is 104 Å². The molecule has 112 valence electrons. The molecule has 1 unspecified atom stereocenters. The van der Waals surface area contributed by atoms with Crippen LogP contribution in [0.1, 0.15) is 19.3 Å². The molecule has 0 radical (unpaired) electrons. The number of carboxylic acid groups (broad SMARTS) is 1. The first-order valence-electron chi connectivity index (χ1n) is 6.52. The van der Waals surface area contributed by atoms with Crippen LogP contribution in [0.25, 0.3) is 0 Å². The molecular weight excluding hydrogens is 284 g/mol. The first-order chi connectivity index (χ1) is 9.37. The second-order valence-electron chi connectivity index (χ2n) is 5.17. The van der Waals surface area contributed by atoms with E-state index in [9.17, 15) is 18.0 Å². The van der Waals surface area contributed by atoms with Crippen LogP contribution in [0.5, 0.6) is 0 Å². The van der Waals surface area contributed by atoms with Crippen molar-refractivity contribution in [1.29, 1.82) is 0 Å². The lowest BCUT2D eigenvalue weighted by molar-refractivity contribution is -0.138. The minimum absolute atomic E-state index is 0.00600. The van der Waals surface area contributed by atoms with Gasteiger partial charge in [0.15, 0.2) is 9.84 Å². The average molecular weight is 302 g/mol. The number of carbonyl (C=O) groups is 2. The van der Waals surface area contributed by atoms with Crippen LogP contribution in [-0.2, 0) is 14.6 Å². The highest BCUT2D eigenvalue weighted by Crippen LogP contribution is 2.18. The predicted octanol–water partition coefficient (Wildman–Crippen LogP) is -0.0117. The fourth-order valence-electron chi connectivity index (χ4n) is 2.53. The summed E-state index contributed by atoms with van der Waals surface area (Å²) in [6.07, 6.45) is 5.64. The molecule has 2 aliphatic rings. The molecule has 0 aromatic heterocycles. The Morgan fingerprint density at radius 1 is 1.30 bits per heavy atom. The second-order valence-corrected chi connectivity index (χ2v) is 7.40. The number of rotatable bonds is 4. The normalized spacial score (nSPS) is 24.7. The van der Waals surface area contributed by atoms with Crippen LogP contribution >= 0.6 is 0 Å². The Labute approximate surface area is 117 Å². The van der Waals surface area contributed by atoms with Gasteiger partial charge in [0.2, 0.25) is 0 Å². The molecule has 1 fully saturated rings. The molecule has 1 aliphatic carbocycles. The van der Waals surface area contributed by atoms with Crippen molar-refractivity contribution in [3.8, 4) is 0 Å². The minimum Gasteiger partial charge on any atom is -0.480 e. The Balaban J connectivity index is 2.02. The SMILES string of the molecule is O=C(O)CN(C(=O)NC1CC=CC1)C1CCS(=O)(=O)C1. The molecule has 2 rings (SSSR count). The maximum Gasteiger partial charge on any atom is 0.323 e. The standard InChI is InChI=1S/C12H18N2O5S/c15-11(16)7-14(10-5-6-20(18,19)8-10)12(17)13-9-3-1-2-4-9/h1-2,9-10H,3-8H2,(H,13,17)(H,15,16). The Morgan fingerprint density at radius 3 is 2.45 bits per heavy atom. The summed E-state index contributed by atoms with van der Waals surface area (Å²) in [5.41, 5.74) is 0. The molecule has 0 aromatic carbocycles. The molecule has 0 bridgehead atoms. The van der Waals surface area contributed by atoms with Crippen LogP contribution in [0, 0.1) is 0 Å². The molecule has 1 aliphatic heterocycles. The molecule has 0 aromatic rings. The van der Waals surface area contributed by atoms with Crippen molar-refractivity contribution in [3.05, 3.63) is 12.2 Å². The second kappa shape index (κ2) is 5.82. The first-order valence-corrected chi connectivity index (χ1v) is 8.34. The van der Waals surface area contributed by atoms with E-state index < -0.39 is 34.4 Å². The van der Waals surface area contributed by atoms with E-state index in [1.807, 2.05) is 12.2 Å². The van der Waals surface area contributed by atoms with Gasteiger partial charge in [-0.1, -0.05) is 12.2 Å². The fourth-order valence-corrected chi connectivity index (χ4v) is 4.26. The zero-order valence-corrected chi connectivity index (χ0v) is 11.8. The van der Waals surface area contributed by atoms with Gasteiger partial charge < -0.3 is 15.3 Å². The summed E-state index contributed by atoms with van der Waals surface area (Å²) in [6, 6.07) is -1.08. The largest absolute Gasteiger partial charge is 0.480 e. The highest BCUT2D eigenvalue weighted by Gasteiger charge is 2.36. The fraction of sp³-hybridized carbons (Fsp3) is 0.667. The van der Waals surface area contributed by atoms with Gasteiger partial charge in [0.05, 0.1) is 11.5 Å². The van der Waals surface area contributed by atoms with Crippen molar-refractivity contribution in [3.63, 3.8) is 0 Å². The molecule has 1 saturated heterocycles. The van der Waals surface area contributed by atoms with E-state index in [1.165, 1.54) is 0 Å². The van der Waals surface area contributed by atoms with Gasteiger partial charge in [-0.05, 0) is 19.3 Å². The molecule has 7 nitrogen and oxygen atoms in total. The monoisotopic (exact) mass is 302 g/mol. The van der Waals surface area contributed by atoms with E-state index in [1.54, 1.807) is 0 Å². The number of nitrogens with zero attached hydrogens (tertiary/aromatic N) is 1. The van der Waals surface area contributed by atoms with Crippen LogP contribution in [0.3, 0.4) is 0 Å². The van der Waals surface area contributed by atoms with Gasteiger partial charge in [-0.3, -0.25) is 4.79 Å². The van der Waals surface area contributed by atoms with Gasteiger partial charge in [-0.15, -0.1) is 0 Å². The molecule has 1 atom stereocenters. The first kappa shape index (κ1) is 14.8. The van der Waals surface area contributed by atoms with Gasteiger partial charge >= 0.3 is 12.0 Å². The number of nitrogens with one attached hydrogen (secondary N) is 1. The molecular formula is C12H18N2O5S. The lowest BCUT2D eigenvalue weighted by Gasteiger charge is -2.28. The Hall–Kier alpha value is -1.57. The Kier molecular flexibility index (Phi) is 4.32. The van der Waals surface area contributed by atoms with Crippen molar-refractivity contribution in [1.82, 2.24) is 10.2 Å². The summed E-state index contributed by atoms with van der Waals surface area (Å²) in [7, 11) is -3.16. The van der Waals surface area contributed by atoms with Crippen molar-refractivity contribution >= 4 is 21.8 Å². The zero-order valence-electron chi connectivity index (χ0n) is 11.0. The number of carboxylic acids is 1. The highest BCUT2D eigenvalue weighted by molar-refractivity contribution is 7.91. The number of amides is 2. The predicted molar refractivity (Wildman–Crippen MR) is 72.1 cm³/mol. The van der Waals surface area contributed by atoms with Gasteiger partial charge in [-0.25, -0.2) is 13.2 Å². The smallest absolute Gasteiger partial charge is 0.323 e. The number of sulfone groups is 1. The third-order valence-corrected chi connectivity index (χ3v) is 5.30. The number of hydrogen-bond donors (Lipinski definition) is 2. The molecule has 2 amide bonds. The summed E-state index contributed by atoms with van der Waals surface area (Å²) < 4.78 is 23.0. The Morgan fingerprint density at radius 2 is 1.95 bits per heavy atom. The van der Waals surface area contributed by atoms with Crippen LogP contribution in [0.2, 0.25) is 0 Å². The van der Waals surface area contributed by atoms with E-state index in [4.69, 9.17) is 5.11 Å². The van der Waals surface area contributed by atoms with E-state index in [0.717, 1.165) is 17.7 Å². The van der Waals surface area contributed by atoms with Crippen molar-refractivity contribution in [2.24, 2.45) is 0 Å². The molecule has 2 N–H and O–H groups in total. The van der Waals surface area contributed by atoms with Gasteiger partial charge in [0.1, 0.15) is 6.54 Å². The van der Waals surface area contributed by atoms with Crippen molar-refractivity contribution in [2.45, 2.75) is 31.3 Å². The summed E-state index contributed by atoms with van der Waals surface area (Å²) in [5, 5.41) is 11.7. The number of aliphatic carboxylic acids is 1. The molecule has 0 saturated carbocycles. The third kappa shape index (κ3) is 3.72. The van der Waals surface area contributed by atoms with Crippen molar-refractivity contribution < 1.29 is 23.1 Å². The molecule has 1 heterocycles. The highest BCUT2D eigenvalue weighted by atomic mass is 32.2. The van der Waals surface area contributed by atoms with Crippen LogP contribution in [0.15, 0.2) is 12.2 Å².